The highest BCUT2D eigenvalue weighted by Crippen LogP contribution is 2.49. The van der Waals surface area contributed by atoms with E-state index in [1.165, 1.54) is 23.4 Å². The van der Waals surface area contributed by atoms with Gasteiger partial charge in [0.05, 0.1) is 4.91 Å². The van der Waals surface area contributed by atoms with Gasteiger partial charge >= 0.3 is 0 Å². The summed E-state index contributed by atoms with van der Waals surface area (Å²) < 4.78 is 0.539. The Balaban J connectivity index is 1.77. The van der Waals surface area contributed by atoms with E-state index in [9.17, 15) is 9.90 Å². The SMILES string of the molecule is Cc1ccc(CN2C(=S)S/C(=C\C(=O)c3ccc(C)cc3)C2(O)c2ccc(C)cc2)cc1. The lowest BCUT2D eigenvalue weighted by molar-refractivity contribution is -0.0314. The van der Waals surface area contributed by atoms with Crippen LogP contribution < -0.4 is 0 Å². The first-order chi connectivity index (χ1) is 15.3. The lowest BCUT2D eigenvalue weighted by atomic mass is 9.97. The predicted octanol–water partition coefficient (Wildman–Crippen LogP) is 6.06. The van der Waals surface area contributed by atoms with Crippen LogP contribution in [0.15, 0.2) is 83.8 Å². The molecule has 3 aromatic rings. The number of ketones is 1. The standard InChI is InChI=1S/C27H25NO2S2/c1-18-4-10-21(11-5-18)17-28-26(31)32-25(16-24(29)22-12-6-19(2)7-13-22)27(28,30)23-14-8-20(3)9-15-23/h4-16,30H,17H2,1-3H3/b25-16-. The Morgan fingerprint density at radius 3 is 1.97 bits per heavy atom. The van der Waals surface area contributed by atoms with Crippen molar-refractivity contribution in [3.63, 3.8) is 0 Å². The minimum Gasteiger partial charge on any atom is -0.363 e. The number of aryl methyl sites for hydroxylation is 3. The zero-order valence-electron chi connectivity index (χ0n) is 18.3. The van der Waals surface area contributed by atoms with Crippen molar-refractivity contribution in [2.24, 2.45) is 0 Å². The summed E-state index contributed by atoms with van der Waals surface area (Å²) in [5, 5.41) is 12.1. The number of thiocarbonyl (C=S) groups is 1. The fourth-order valence-electron chi connectivity index (χ4n) is 3.67. The van der Waals surface area contributed by atoms with E-state index in [0.29, 0.717) is 26.9 Å². The van der Waals surface area contributed by atoms with Crippen LogP contribution in [0.1, 0.15) is 38.2 Å². The van der Waals surface area contributed by atoms with Gasteiger partial charge in [0.2, 0.25) is 0 Å². The van der Waals surface area contributed by atoms with Crippen molar-refractivity contribution in [1.82, 2.24) is 4.90 Å². The van der Waals surface area contributed by atoms with Crippen molar-refractivity contribution >= 4 is 34.1 Å². The number of hydrogen-bond donors (Lipinski definition) is 1. The molecule has 0 amide bonds. The number of rotatable bonds is 5. The van der Waals surface area contributed by atoms with E-state index in [2.05, 4.69) is 0 Å². The van der Waals surface area contributed by atoms with Gasteiger partial charge in [-0.15, -0.1) is 0 Å². The average molecular weight is 460 g/mol. The molecular formula is C27H25NO2S2. The minimum atomic E-state index is -1.51. The number of carbonyl (C=O) groups excluding carboxylic acids is 1. The molecule has 0 bridgehead atoms. The zero-order chi connectivity index (χ0) is 22.9. The molecule has 0 radical (unpaired) electrons. The number of benzene rings is 3. The van der Waals surface area contributed by atoms with E-state index < -0.39 is 5.72 Å². The Kier molecular flexibility index (Phi) is 6.33. The van der Waals surface area contributed by atoms with Gasteiger partial charge in [-0.3, -0.25) is 4.79 Å². The summed E-state index contributed by atoms with van der Waals surface area (Å²) in [5.41, 5.74) is 4.15. The van der Waals surface area contributed by atoms with Gasteiger partial charge in [0.15, 0.2) is 11.5 Å². The summed E-state index contributed by atoms with van der Waals surface area (Å²) in [6.07, 6.45) is 1.52. The van der Waals surface area contributed by atoms with Crippen LogP contribution in [0.2, 0.25) is 0 Å². The zero-order valence-corrected chi connectivity index (χ0v) is 20.0. The quantitative estimate of drug-likeness (QED) is 0.285. The van der Waals surface area contributed by atoms with Crippen LogP contribution >= 0.6 is 24.0 Å². The average Bonchev–Trinajstić information content (AvgIpc) is 3.01. The molecule has 1 heterocycles. The van der Waals surface area contributed by atoms with E-state index >= 15 is 0 Å². The van der Waals surface area contributed by atoms with E-state index in [-0.39, 0.29) is 5.78 Å². The summed E-state index contributed by atoms with van der Waals surface area (Å²) >= 11 is 6.96. The van der Waals surface area contributed by atoms with Crippen LogP contribution in [0.4, 0.5) is 0 Å². The summed E-state index contributed by atoms with van der Waals surface area (Å²) in [6, 6.07) is 23.3. The second-order valence-electron chi connectivity index (χ2n) is 8.22. The molecule has 0 saturated carbocycles. The fourth-order valence-corrected chi connectivity index (χ4v) is 5.17. The molecule has 1 atom stereocenters. The van der Waals surface area contributed by atoms with Crippen molar-refractivity contribution in [3.8, 4) is 0 Å². The lowest BCUT2D eigenvalue weighted by Gasteiger charge is -2.35. The minimum absolute atomic E-state index is 0.155. The maximum absolute atomic E-state index is 13.0. The third-order valence-electron chi connectivity index (χ3n) is 5.67. The first-order valence-corrected chi connectivity index (χ1v) is 11.7. The summed E-state index contributed by atoms with van der Waals surface area (Å²) in [4.78, 5) is 15.4. The van der Waals surface area contributed by atoms with Crippen LogP contribution in [0.25, 0.3) is 0 Å². The molecule has 5 heteroatoms. The number of nitrogens with zero attached hydrogens (tertiary/aromatic N) is 1. The largest absolute Gasteiger partial charge is 0.363 e. The first kappa shape index (κ1) is 22.5. The number of thioether (sulfide) groups is 1. The molecule has 4 rings (SSSR count). The highest BCUT2D eigenvalue weighted by Gasteiger charge is 2.48. The second-order valence-corrected chi connectivity index (χ2v) is 9.89. The predicted molar refractivity (Wildman–Crippen MR) is 136 cm³/mol. The smallest absolute Gasteiger partial charge is 0.199 e. The summed E-state index contributed by atoms with van der Waals surface area (Å²) in [6.45, 7) is 6.47. The molecule has 1 saturated heterocycles. The van der Waals surface area contributed by atoms with E-state index in [0.717, 1.165) is 16.7 Å². The second kappa shape index (κ2) is 9.02. The highest BCUT2D eigenvalue weighted by molar-refractivity contribution is 8.25. The number of allylic oxidation sites excluding steroid dienone is 1. The Hall–Kier alpha value is -2.73. The van der Waals surface area contributed by atoms with Gasteiger partial charge in [-0.1, -0.05) is 113 Å². The molecule has 3 nitrogen and oxygen atoms in total. The van der Waals surface area contributed by atoms with Crippen molar-refractivity contribution in [1.29, 1.82) is 0 Å². The molecule has 1 aliphatic rings. The molecule has 1 fully saturated rings. The van der Waals surface area contributed by atoms with Gasteiger partial charge < -0.3 is 10.0 Å². The number of aliphatic hydroxyl groups is 1. The van der Waals surface area contributed by atoms with Crippen LogP contribution in [0.3, 0.4) is 0 Å². The molecule has 0 aromatic heterocycles. The van der Waals surface area contributed by atoms with Crippen LogP contribution in [0.5, 0.6) is 0 Å². The first-order valence-electron chi connectivity index (χ1n) is 10.4. The van der Waals surface area contributed by atoms with Crippen LogP contribution in [0, 0.1) is 20.8 Å². The third-order valence-corrected chi connectivity index (χ3v) is 7.15. The molecule has 32 heavy (non-hydrogen) atoms. The van der Waals surface area contributed by atoms with E-state index in [1.54, 1.807) is 4.90 Å². The molecule has 1 unspecified atom stereocenters. The van der Waals surface area contributed by atoms with E-state index in [1.807, 2.05) is 93.6 Å². The van der Waals surface area contributed by atoms with Gasteiger partial charge in [0, 0.05) is 23.7 Å². The van der Waals surface area contributed by atoms with Crippen LogP contribution in [-0.2, 0) is 12.3 Å². The Morgan fingerprint density at radius 1 is 0.906 bits per heavy atom. The fraction of sp³-hybridized carbons (Fsp3) is 0.185. The topological polar surface area (TPSA) is 40.5 Å². The van der Waals surface area contributed by atoms with Crippen molar-refractivity contribution in [2.45, 2.75) is 33.0 Å². The van der Waals surface area contributed by atoms with Gasteiger partial charge in [-0.05, 0) is 26.3 Å². The lowest BCUT2D eigenvalue weighted by Crippen LogP contribution is -2.43. The Labute approximate surface area is 198 Å². The molecular weight excluding hydrogens is 434 g/mol. The van der Waals surface area contributed by atoms with Gasteiger partial charge in [0.1, 0.15) is 4.32 Å². The van der Waals surface area contributed by atoms with Gasteiger partial charge in [-0.2, -0.15) is 0 Å². The molecule has 0 spiro atoms. The monoisotopic (exact) mass is 459 g/mol. The summed E-state index contributed by atoms with van der Waals surface area (Å²) in [5.74, 6) is -0.155. The molecule has 0 aliphatic carbocycles. The van der Waals surface area contributed by atoms with Crippen molar-refractivity contribution in [3.05, 3.63) is 117 Å². The van der Waals surface area contributed by atoms with Gasteiger partial charge in [0.25, 0.3) is 0 Å². The Morgan fingerprint density at radius 2 is 1.41 bits per heavy atom. The van der Waals surface area contributed by atoms with Crippen LogP contribution in [-0.4, -0.2) is 20.1 Å². The number of carbonyl (C=O) groups is 1. The van der Waals surface area contributed by atoms with E-state index in [4.69, 9.17) is 12.2 Å². The Bertz CT molecular complexity index is 1180. The highest BCUT2D eigenvalue weighted by atomic mass is 32.2. The molecule has 3 aromatic carbocycles. The van der Waals surface area contributed by atoms with Crippen molar-refractivity contribution < 1.29 is 9.90 Å². The maximum atomic E-state index is 13.0. The van der Waals surface area contributed by atoms with Crippen molar-refractivity contribution in [2.75, 3.05) is 0 Å². The van der Waals surface area contributed by atoms with Gasteiger partial charge in [-0.25, -0.2) is 0 Å². The normalized spacial score (nSPS) is 19.6. The molecule has 1 N–H and O–H groups in total. The third kappa shape index (κ3) is 4.42. The molecule has 1 aliphatic heterocycles. The maximum Gasteiger partial charge on any atom is 0.199 e. The number of hydrogen-bond acceptors (Lipinski definition) is 4. The molecule has 162 valence electrons. The summed E-state index contributed by atoms with van der Waals surface area (Å²) in [7, 11) is 0.